The van der Waals surface area contributed by atoms with E-state index in [9.17, 15) is 0 Å². The van der Waals surface area contributed by atoms with Gasteiger partial charge in [0.05, 0.1) is 18.9 Å². The van der Waals surface area contributed by atoms with Gasteiger partial charge in [0.15, 0.2) is 11.6 Å². The van der Waals surface area contributed by atoms with Crippen LogP contribution in [0.25, 0.3) is 0 Å². The van der Waals surface area contributed by atoms with Crippen LogP contribution >= 0.6 is 0 Å². The summed E-state index contributed by atoms with van der Waals surface area (Å²) >= 11 is 0. The number of hydrogen-bond donors (Lipinski definition) is 1. The summed E-state index contributed by atoms with van der Waals surface area (Å²) in [6, 6.07) is 0. The largest absolute Gasteiger partial charge is 0.355 e. The molecule has 0 amide bonds. The number of piperidine rings is 1. The number of ether oxygens (including phenoxy) is 2. The molecule has 3 heterocycles. The fourth-order valence-electron chi connectivity index (χ4n) is 2.61. The minimum Gasteiger partial charge on any atom is -0.355 e. The molecule has 2 aliphatic heterocycles. The van der Waals surface area contributed by atoms with Gasteiger partial charge >= 0.3 is 0 Å². The van der Waals surface area contributed by atoms with Gasteiger partial charge in [0.25, 0.3) is 0 Å². The first-order valence-corrected chi connectivity index (χ1v) is 6.36. The molecule has 1 aromatic rings. The maximum absolute atomic E-state index is 5.71. The van der Waals surface area contributed by atoms with Crippen LogP contribution in [0.2, 0.25) is 0 Å². The van der Waals surface area contributed by atoms with Gasteiger partial charge in [0.2, 0.25) is 0 Å². The molecule has 0 aliphatic carbocycles. The van der Waals surface area contributed by atoms with Crippen molar-refractivity contribution in [2.45, 2.75) is 25.2 Å². The van der Waals surface area contributed by atoms with Crippen molar-refractivity contribution in [3.8, 4) is 0 Å². The standard InChI is InChI=1S/C12H18N4O2/c13-9-10-11(15-4-3-14-10)16-5-1-12(2-6-16)17-7-8-18-12/h3-4H,1-2,5-9,13H2. The zero-order valence-corrected chi connectivity index (χ0v) is 10.3. The maximum Gasteiger partial charge on any atom is 0.171 e. The molecule has 0 saturated carbocycles. The SMILES string of the molecule is NCc1nccnc1N1CCC2(CC1)OCCO2. The lowest BCUT2D eigenvalue weighted by Gasteiger charge is -2.38. The number of anilines is 1. The van der Waals surface area contributed by atoms with Crippen LogP contribution in [0.5, 0.6) is 0 Å². The first-order valence-electron chi connectivity index (χ1n) is 6.36. The number of rotatable bonds is 2. The van der Waals surface area contributed by atoms with E-state index in [4.69, 9.17) is 15.2 Å². The zero-order chi connectivity index (χ0) is 12.4. The maximum atomic E-state index is 5.71. The first-order chi connectivity index (χ1) is 8.83. The summed E-state index contributed by atoms with van der Waals surface area (Å²) in [5.74, 6) is 0.551. The van der Waals surface area contributed by atoms with Gasteiger partial charge in [0.1, 0.15) is 0 Å². The van der Waals surface area contributed by atoms with E-state index in [1.165, 1.54) is 0 Å². The third-order valence-electron chi connectivity index (χ3n) is 3.58. The molecule has 2 saturated heterocycles. The molecule has 0 bridgehead atoms. The second-order valence-electron chi connectivity index (χ2n) is 4.63. The first kappa shape index (κ1) is 11.8. The highest BCUT2D eigenvalue weighted by molar-refractivity contribution is 5.43. The molecule has 18 heavy (non-hydrogen) atoms. The van der Waals surface area contributed by atoms with Crippen LogP contribution in [0.15, 0.2) is 12.4 Å². The van der Waals surface area contributed by atoms with E-state index in [2.05, 4.69) is 14.9 Å². The van der Waals surface area contributed by atoms with Crippen molar-refractivity contribution in [1.82, 2.24) is 9.97 Å². The van der Waals surface area contributed by atoms with E-state index in [0.717, 1.165) is 37.4 Å². The molecule has 2 aliphatic rings. The number of nitrogens with two attached hydrogens (primary N) is 1. The van der Waals surface area contributed by atoms with Crippen molar-refractivity contribution < 1.29 is 9.47 Å². The Morgan fingerprint density at radius 1 is 1.17 bits per heavy atom. The summed E-state index contributed by atoms with van der Waals surface area (Å²) in [6.07, 6.45) is 5.13. The van der Waals surface area contributed by atoms with Crippen molar-refractivity contribution in [2.24, 2.45) is 5.73 Å². The van der Waals surface area contributed by atoms with E-state index in [0.29, 0.717) is 19.8 Å². The van der Waals surface area contributed by atoms with E-state index in [-0.39, 0.29) is 5.79 Å². The zero-order valence-electron chi connectivity index (χ0n) is 10.3. The van der Waals surface area contributed by atoms with Gasteiger partial charge in [-0.05, 0) is 0 Å². The fraction of sp³-hybridized carbons (Fsp3) is 0.667. The van der Waals surface area contributed by atoms with Crippen LogP contribution in [0.4, 0.5) is 5.82 Å². The summed E-state index contributed by atoms with van der Waals surface area (Å²) in [5, 5.41) is 0. The normalized spacial score (nSPS) is 22.6. The highest BCUT2D eigenvalue weighted by atomic mass is 16.7. The molecule has 0 unspecified atom stereocenters. The van der Waals surface area contributed by atoms with Crippen LogP contribution < -0.4 is 10.6 Å². The molecule has 0 radical (unpaired) electrons. The summed E-state index contributed by atoms with van der Waals surface area (Å²) in [4.78, 5) is 10.9. The average Bonchev–Trinajstić information content (AvgIpc) is 2.88. The van der Waals surface area contributed by atoms with Crippen molar-refractivity contribution in [1.29, 1.82) is 0 Å². The van der Waals surface area contributed by atoms with E-state index in [1.807, 2.05) is 0 Å². The molecule has 1 aromatic heterocycles. The molecular weight excluding hydrogens is 232 g/mol. The Hall–Kier alpha value is -1.24. The second kappa shape index (κ2) is 4.79. The topological polar surface area (TPSA) is 73.5 Å². The smallest absolute Gasteiger partial charge is 0.171 e. The third-order valence-corrected chi connectivity index (χ3v) is 3.58. The van der Waals surface area contributed by atoms with E-state index < -0.39 is 0 Å². The van der Waals surface area contributed by atoms with Crippen LogP contribution in [-0.4, -0.2) is 42.1 Å². The van der Waals surface area contributed by atoms with E-state index in [1.54, 1.807) is 12.4 Å². The van der Waals surface area contributed by atoms with Crippen molar-refractivity contribution in [2.75, 3.05) is 31.2 Å². The van der Waals surface area contributed by atoms with E-state index >= 15 is 0 Å². The van der Waals surface area contributed by atoms with Crippen molar-refractivity contribution in [3.05, 3.63) is 18.1 Å². The highest BCUT2D eigenvalue weighted by Crippen LogP contribution is 2.33. The molecule has 6 heteroatoms. The number of hydrogen-bond acceptors (Lipinski definition) is 6. The van der Waals surface area contributed by atoms with Crippen LogP contribution in [-0.2, 0) is 16.0 Å². The Balaban J connectivity index is 1.72. The summed E-state index contributed by atoms with van der Waals surface area (Å²) in [5.41, 5.74) is 6.54. The van der Waals surface area contributed by atoms with Gasteiger partial charge in [-0.25, -0.2) is 4.98 Å². The Morgan fingerprint density at radius 3 is 2.50 bits per heavy atom. The Morgan fingerprint density at radius 2 is 1.83 bits per heavy atom. The van der Waals surface area contributed by atoms with Gasteiger partial charge in [-0.3, -0.25) is 4.98 Å². The highest BCUT2D eigenvalue weighted by Gasteiger charge is 2.40. The minimum atomic E-state index is -0.346. The monoisotopic (exact) mass is 250 g/mol. The van der Waals surface area contributed by atoms with Crippen LogP contribution in [0.3, 0.4) is 0 Å². The predicted octanol–water partition coefficient (Wildman–Crippen LogP) is 0.279. The number of nitrogens with zero attached hydrogens (tertiary/aromatic N) is 3. The Bertz CT molecular complexity index is 410. The molecule has 3 rings (SSSR count). The Labute approximate surface area is 106 Å². The van der Waals surface area contributed by atoms with Gasteiger partial charge < -0.3 is 20.1 Å². The molecule has 98 valence electrons. The average molecular weight is 250 g/mol. The molecule has 0 aromatic carbocycles. The molecule has 2 fully saturated rings. The molecule has 0 atom stereocenters. The molecule has 6 nitrogen and oxygen atoms in total. The lowest BCUT2D eigenvalue weighted by Crippen LogP contribution is -2.45. The lowest BCUT2D eigenvalue weighted by molar-refractivity contribution is -0.169. The number of aromatic nitrogens is 2. The van der Waals surface area contributed by atoms with Gasteiger partial charge in [-0.2, -0.15) is 0 Å². The summed E-state index contributed by atoms with van der Waals surface area (Å²) < 4.78 is 11.4. The Kier molecular flexibility index (Phi) is 3.15. The van der Waals surface area contributed by atoms with Gasteiger partial charge in [-0.1, -0.05) is 0 Å². The molecule has 1 spiro atoms. The molecule has 2 N–H and O–H groups in total. The van der Waals surface area contributed by atoms with Gasteiger partial charge in [0, 0.05) is 44.9 Å². The minimum absolute atomic E-state index is 0.346. The summed E-state index contributed by atoms with van der Waals surface area (Å²) in [6.45, 7) is 3.56. The quantitative estimate of drug-likeness (QED) is 0.812. The second-order valence-corrected chi connectivity index (χ2v) is 4.63. The predicted molar refractivity (Wildman–Crippen MR) is 66.0 cm³/mol. The van der Waals surface area contributed by atoms with Crippen molar-refractivity contribution in [3.63, 3.8) is 0 Å². The fourth-order valence-corrected chi connectivity index (χ4v) is 2.61. The lowest BCUT2D eigenvalue weighted by atomic mass is 10.0. The van der Waals surface area contributed by atoms with Crippen LogP contribution in [0.1, 0.15) is 18.5 Å². The third kappa shape index (κ3) is 2.07. The molecular formula is C12H18N4O2. The van der Waals surface area contributed by atoms with Crippen LogP contribution in [0, 0.1) is 0 Å². The van der Waals surface area contributed by atoms with Crippen molar-refractivity contribution >= 4 is 5.82 Å². The summed E-state index contributed by atoms with van der Waals surface area (Å²) in [7, 11) is 0. The van der Waals surface area contributed by atoms with Gasteiger partial charge in [-0.15, -0.1) is 0 Å².